The number of halogens is 1. The van der Waals surface area contributed by atoms with Crippen molar-refractivity contribution in [1.82, 2.24) is 9.78 Å². The van der Waals surface area contributed by atoms with Gasteiger partial charge < -0.3 is 5.73 Å². The second-order valence-corrected chi connectivity index (χ2v) is 4.09. The Morgan fingerprint density at radius 2 is 2.36 bits per heavy atom. The summed E-state index contributed by atoms with van der Waals surface area (Å²) in [6.45, 7) is 5.07. The van der Waals surface area contributed by atoms with Gasteiger partial charge in [0, 0.05) is 12.6 Å². The summed E-state index contributed by atoms with van der Waals surface area (Å²) < 4.78 is 1.98. The molecular weight excluding hydrogens is 198 g/mol. The molecule has 0 saturated carbocycles. The van der Waals surface area contributed by atoms with Crippen LogP contribution in [0.15, 0.2) is 6.20 Å². The van der Waals surface area contributed by atoms with E-state index in [1.54, 1.807) is 6.20 Å². The van der Waals surface area contributed by atoms with Crippen LogP contribution in [-0.2, 0) is 13.0 Å². The minimum absolute atomic E-state index is 0.219. The van der Waals surface area contributed by atoms with Crippen LogP contribution in [0, 0.1) is 0 Å². The summed E-state index contributed by atoms with van der Waals surface area (Å²) in [6.07, 6.45) is 4.66. The Bertz CT molecular complexity index is 281. The molecule has 0 bridgehead atoms. The van der Waals surface area contributed by atoms with Gasteiger partial charge in [0.1, 0.15) is 0 Å². The molecule has 14 heavy (non-hydrogen) atoms. The van der Waals surface area contributed by atoms with Gasteiger partial charge in [0.15, 0.2) is 0 Å². The van der Waals surface area contributed by atoms with Crippen LogP contribution >= 0.6 is 11.6 Å². The molecule has 0 amide bonds. The molecular formula is C10H18ClN3. The van der Waals surface area contributed by atoms with Gasteiger partial charge in [0.25, 0.3) is 0 Å². The first-order chi connectivity index (χ1) is 6.65. The van der Waals surface area contributed by atoms with Crippen molar-refractivity contribution in [3.8, 4) is 0 Å². The van der Waals surface area contributed by atoms with Gasteiger partial charge in [0.2, 0.25) is 0 Å². The highest BCUT2D eigenvalue weighted by Crippen LogP contribution is 2.17. The molecule has 0 aliphatic carbocycles. The number of aryl methyl sites for hydroxylation is 1. The normalized spacial score (nSPS) is 13.1. The van der Waals surface area contributed by atoms with E-state index in [1.165, 1.54) is 0 Å². The van der Waals surface area contributed by atoms with E-state index in [9.17, 15) is 0 Å². The quantitative estimate of drug-likeness (QED) is 0.819. The van der Waals surface area contributed by atoms with Crippen molar-refractivity contribution in [2.75, 3.05) is 0 Å². The van der Waals surface area contributed by atoms with Crippen molar-refractivity contribution in [2.24, 2.45) is 5.73 Å². The maximum absolute atomic E-state index is 6.04. The second-order valence-electron chi connectivity index (χ2n) is 3.68. The van der Waals surface area contributed by atoms with Crippen LogP contribution in [0.3, 0.4) is 0 Å². The average molecular weight is 216 g/mol. The Kier molecular flexibility index (Phi) is 4.42. The van der Waals surface area contributed by atoms with Gasteiger partial charge in [-0.15, -0.1) is 0 Å². The third kappa shape index (κ3) is 3.00. The molecule has 2 N–H and O–H groups in total. The molecule has 0 aliphatic heterocycles. The predicted octanol–water partition coefficient (Wildman–Crippen LogP) is 2.23. The monoisotopic (exact) mass is 215 g/mol. The molecule has 1 atom stereocenters. The molecule has 0 saturated heterocycles. The third-order valence-corrected chi connectivity index (χ3v) is 2.49. The first kappa shape index (κ1) is 11.5. The van der Waals surface area contributed by atoms with Crippen LogP contribution in [-0.4, -0.2) is 15.8 Å². The Hall–Kier alpha value is -0.540. The van der Waals surface area contributed by atoms with Crippen molar-refractivity contribution < 1.29 is 0 Å². The molecule has 0 aliphatic rings. The minimum Gasteiger partial charge on any atom is -0.328 e. The number of nitrogens with two attached hydrogens (primary N) is 1. The zero-order valence-electron chi connectivity index (χ0n) is 8.83. The smallest absolute Gasteiger partial charge is 0.0817 e. The molecule has 3 nitrogen and oxygen atoms in total. The molecule has 1 aromatic heterocycles. The molecule has 1 unspecified atom stereocenters. The predicted molar refractivity (Wildman–Crippen MR) is 59.5 cm³/mol. The lowest BCUT2D eigenvalue weighted by Crippen LogP contribution is -2.16. The zero-order chi connectivity index (χ0) is 10.6. The van der Waals surface area contributed by atoms with E-state index < -0.39 is 0 Å². The summed E-state index contributed by atoms with van der Waals surface area (Å²) in [5.74, 6) is 0. The fraction of sp³-hybridized carbons (Fsp3) is 0.700. The van der Waals surface area contributed by atoms with Gasteiger partial charge in [-0.3, -0.25) is 4.68 Å². The Morgan fingerprint density at radius 3 is 2.93 bits per heavy atom. The van der Waals surface area contributed by atoms with E-state index in [2.05, 4.69) is 12.0 Å². The maximum atomic E-state index is 6.04. The number of hydrogen-bond donors (Lipinski definition) is 1. The fourth-order valence-electron chi connectivity index (χ4n) is 1.41. The molecule has 1 rings (SSSR count). The summed E-state index contributed by atoms with van der Waals surface area (Å²) >= 11 is 6.04. The molecule has 0 radical (unpaired) electrons. The maximum Gasteiger partial charge on any atom is 0.0817 e. The highest BCUT2D eigenvalue weighted by molar-refractivity contribution is 6.31. The molecule has 1 heterocycles. The molecule has 4 heteroatoms. The summed E-state index contributed by atoms with van der Waals surface area (Å²) in [5.41, 5.74) is 6.83. The van der Waals surface area contributed by atoms with E-state index in [0.29, 0.717) is 0 Å². The van der Waals surface area contributed by atoms with Crippen LogP contribution in [0.5, 0.6) is 0 Å². The van der Waals surface area contributed by atoms with E-state index in [-0.39, 0.29) is 6.04 Å². The largest absolute Gasteiger partial charge is 0.328 e. The average Bonchev–Trinajstić information content (AvgIpc) is 2.45. The van der Waals surface area contributed by atoms with Crippen molar-refractivity contribution in [3.63, 3.8) is 0 Å². The Morgan fingerprint density at radius 1 is 1.64 bits per heavy atom. The molecule has 0 aromatic carbocycles. The van der Waals surface area contributed by atoms with E-state index in [4.69, 9.17) is 17.3 Å². The van der Waals surface area contributed by atoms with Gasteiger partial charge in [-0.1, -0.05) is 18.5 Å². The third-order valence-electron chi connectivity index (χ3n) is 2.17. The highest BCUT2D eigenvalue weighted by Gasteiger charge is 2.08. The van der Waals surface area contributed by atoms with Crippen LogP contribution < -0.4 is 5.73 Å². The SMILES string of the molecule is CCCn1ncc(Cl)c1CCC(C)N. The first-order valence-electron chi connectivity index (χ1n) is 5.11. The fourth-order valence-corrected chi connectivity index (χ4v) is 1.64. The van der Waals surface area contributed by atoms with Crippen LogP contribution in [0.25, 0.3) is 0 Å². The highest BCUT2D eigenvalue weighted by atomic mass is 35.5. The molecule has 0 spiro atoms. The zero-order valence-corrected chi connectivity index (χ0v) is 9.59. The lowest BCUT2D eigenvalue weighted by atomic mass is 10.1. The summed E-state index contributed by atoms with van der Waals surface area (Å²) in [5, 5.41) is 4.99. The summed E-state index contributed by atoms with van der Waals surface area (Å²) in [7, 11) is 0. The second kappa shape index (κ2) is 5.37. The van der Waals surface area contributed by atoms with Gasteiger partial charge in [-0.05, 0) is 26.2 Å². The number of rotatable bonds is 5. The summed E-state index contributed by atoms with van der Waals surface area (Å²) in [6, 6.07) is 0.219. The van der Waals surface area contributed by atoms with Crippen LogP contribution in [0.4, 0.5) is 0 Å². The van der Waals surface area contributed by atoms with Gasteiger partial charge in [0.05, 0.1) is 16.9 Å². The standard InChI is InChI=1S/C10H18ClN3/c1-3-6-14-10(5-4-8(2)12)9(11)7-13-14/h7-8H,3-6,12H2,1-2H3. The van der Waals surface area contributed by atoms with Gasteiger partial charge in [-0.2, -0.15) is 5.10 Å². The van der Waals surface area contributed by atoms with Crippen molar-refractivity contribution in [2.45, 2.75) is 45.7 Å². The van der Waals surface area contributed by atoms with E-state index in [0.717, 1.165) is 36.5 Å². The summed E-state index contributed by atoms with van der Waals surface area (Å²) in [4.78, 5) is 0. The topological polar surface area (TPSA) is 43.8 Å². The molecule has 80 valence electrons. The molecule has 0 fully saturated rings. The van der Waals surface area contributed by atoms with Crippen LogP contribution in [0.2, 0.25) is 5.02 Å². The van der Waals surface area contributed by atoms with Crippen molar-refractivity contribution >= 4 is 11.6 Å². The number of nitrogens with zero attached hydrogens (tertiary/aromatic N) is 2. The van der Waals surface area contributed by atoms with E-state index in [1.807, 2.05) is 11.6 Å². The van der Waals surface area contributed by atoms with Crippen LogP contribution in [0.1, 0.15) is 32.4 Å². The first-order valence-corrected chi connectivity index (χ1v) is 5.48. The van der Waals surface area contributed by atoms with Gasteiger partial charge in [-0.25, -0.2) is 0 Å². The van der Waals surface area contributed by atoms with Crippen molar-refractivity contribution in [3.05, 3.63) is 16.9 Å². The lowest BCUT2D eigenvalue weighted by Gasteiger charge is -2.08. The Balaban J connectivity index is 2.67. The van der Waals surface area contributed by atoms with Gasteiger partial charge >= 0.3 is 0 Å². The number of aromatic nitrogens is 2. The van der Waals surface area contributed by atoms with Crippen molar-refractivity contribution in [1.29, 1.82) is 0 Å². The number of hydrogen-bond acceptors (Lipinski definition) is 2. The minimum atomic E-state index is 0.219. The van der Waals surface area contributed by atoms with E-state index >= 15 is 0 Å². The lowest BCUT2D eigenvalue weighted by molar-refractivity contribution is 0.554. The molecule has 1 aromatic rings. The Labute approximate surface area is 90.2 Å².